The second-order valence-electron chi connectivity index (χ2n) is 5.71. The molecular formula is C16H23Br2NO2. The van der Waals surface area contributed by atoms with Crippen molar-refractivity contribution in [2.24, 2.45) is 11.8 Å². The van der Waals surface area contributed by atoms with Crippen LogP contribution in [0, 0.1) is 11.8 Å². The average Bonchev–Trinajstić information content (AvgIpc) is 2.47. The normalized spacial score (nSPS) is 22.3. The van der Waals surface area contributed by atoms with Crippen molar-refractivity contribution >= 4 is 31.9 Å². The van der Waals surface area contributed by atoms with Gasteiger partial charge in [-0.2, -0.15) is 0 Å². The first-order valence-corrected chi connectivity index (χ1v) is 9.07. The van der Waals surface area contributed by atoms with Crippen LogP contribution >= 0.6 is 31.9 Å². The molecule has 1 aromatic rings. The zero-order valence-electron chi connectivity index (χ0n) is 12.4. The number of benzene rings is 1. The Morgan fingerprint density at radius 1 is 1.19 bits per heavy atom. The van der Waals surface area contributed by atoms with Gasteiger partial charge in [-0.1, -0.05) is 12.8 Å². The van der Waals surface area contributed by atoms with E-state index in [9.17, 15) is 5.11 Å². The molecule has 1 fully saturated rings. The lowest BCUT2D eigenvalue weighted by atomic mass is 9.79. The van der Waals surface area contributed by atoms with E-state index in [2.05, 4.69) is 49.3 Å². The Labute approximate surface area is 143 Å². The lowest BCUT2D eigenvalue weighted by Gasteiger charge is -2.30. The minimum Gasteiger partial charge on any atom is -0.494 e. The fourth-order valence-electron chi connectivity index (χ4n) is 3.10. The van der Waals surface area contributed by atoms with Crippen LogP contribution in [0.4, 0.5) is 0 Å². The largest absolute Gasteiger partial charge is 0.494 e. The molecule has 5 heteroatoms. The third-order valence-electron chi connectivity index (χ3n) is 4.30. The number of rotatable bonds is 6. The number of nitrogens with one attached hydrogen (secondary N) is 1. The van der Waals surface area contributed by atoms with Crippen LogP contribution < -0.4 is 10.1 Å². The molecule has 2 atom stereocenters. The van der Waals surface area contributed by atoms with Gasteiger partial charge in [0.2, 0.25) is 0 Å². The number of hydrogen-bond acceptors (Lipinski definition) is 3. The summed E-state index contributed by atoms with van der Waals surface area (Å²) in [4.78, 5) is 0. The van der Waals surface area contributed by atoms with Crippen molar-refractivity contribution in [3.63, 3.8) is 0 Å². The van der Waals surface area contributed by atoms with Crippen LogP contribution in [0.5, 0.6) is 5.75 Å². The Bertz CT molecular complexity index is 445. The van der Waals surface area contributed by atoms with Gasteiger partial charge < -0.3 is 15.2 Å². The molecular weight excluding hydrogens is 398 g/mol. The van der Waals surface area contributed by atoms with Gasteiger partial charge in [-0.25, -0.2) is 0 Å². The van der Waals surface area contributed by atoms with Gasteiger partial charge >= 0.3 is 0 Å². The van der Waals surface area contributed by atoms with Crippen molar-refractivity contribution in [1.29, 1.82) is 0 Å². The molecule has 0 aliphatic heterocycles. The molecule has 0 bridgehead atoms. The molecule has 3 nitrogen and oxygen atoms in total. The van der Waals surface area contributed by atoms with Gasteiger partial charge in [0.05, 0.1) is 16.1 Å². The summed E-state index contributed by atoms with van der Waals surface area (Å²) < 4.78 is 7.24. The number of aliphatic hydroxyl groups is 1. The van der Waals surface area contributed by atoms with Gasteiger partial charge in [-0.3, -0.25) is 0 Å². The van der Waals surface area contributed by atoms with E-state index in [4.69, 9.17) is 4.74 Å². The maximum atomic E-state index is 9.45. The molecule has 0 radical (unpaired) electrons. The average molecular weight is 421 g/mol. The van der Waals surface area contributed by atoms with E-state index in [0.29, 0.717) is 18.4 Å². The SMILES string of the molecule is COc1c(Br)cc(CNCC2CCCCC2CO)cc1Br. The quantitative estimate of drug-likeness (QED) is 0.727. The van der Waals surface area contributed by atoms with Gasteiger partial charge in [0.15, 0.2) is 0 Å². The van der Waals surface area contributed by atoms with Crippen LogP contribution in [-0.4, -0.2) is 25.4 Å². The Hall–Kier alpha value is -0.100. The molecule has 1 aliphatic carbocycles. The van der Waals surface area contributed by atoms with E-state index in [1.807, 2.05) is 0 Å². The van der Waals surface area contributed by atoms with Gasteiger partial charge in [0.1, 0.15) is 5.75 Å². The predicted octanol–water partition coefficient (Wildman–Crippen LogP) is 4.11. The Balaban J connectivity index is 1.88. The van der Waals surface area contributed by atoms with Crippen molar-refractivity contribution in [2.75, 3.05) is 20.3 Å². The standard InChI is InChI=1S/C16H23Br2NO2/c1-21-16-14(17)6-11(7-15(16)18)8-19-9-12-4-2-3-5-13(12)10-20/h6-7,12-13,19-20H,2-5,8-10H2,1H3. The summed E-state index contributed by atoms with van der Waals surface area (Å²) in [5, 5.41) is 13.0. The summed E-state index contributed by atoms with van der Waals surface area (Å²) in [6.45, 7) is 2.13. The minimum atomic E-state index is 0.325. The highest BCUT2D eigenvalue weighted by molar-refractivity contribution is 9.11. The molecule has 0 amide bonds. The molecule has 0 aromatic heterocycles. The fraction of sp³-hybridized carbons (Fsp3) is 0.625. The molecule has 0 saturated heterocycles. The van der Waals surface area contributed by atoms with Crippen LogP contribution in [0.1, 0.15) is 31.2 Å². The van der Waals surface area contributed by atoms with Crippen LogP contribution in [0.3, 0.4) is 0 Å². The van der Waals surface area contributed by atoms with Crippen LogP contribution in [-0.2, 0) is 6.54 Å². The Morgan fingerprint density at radius 3 is 2.38 bits per heavy atom. The van der Waals surface area contributed by atoms with Crippen LogP contribution in [0.2, 0.25) is 0 Å². The van der Waals surface area contributed by atoms with Crippen LogP contribution in [0.25, 0.3) is 0 Å². The van der Waals surface area contributed by atoms with Crippen LogP contribution in [0.15, 0.2) is 21.1 Å². The molecule has 118 valence electrons. The molecule has 21 heavy (non-hydrogen) atoms. The highest BCUT2D eigenvalue weighted by Gasteiger charge is 2.23. The molecule has 0 spiro atoms. The van der Waals surface area contributed by atoms with Crippen molar-refractivity contribution in [3.8, 4) is 5.75 Å². The topological polar surface area (TPSA) is 41.5 Å². The fourth-order valence-corrected chi connectivity index (χ4v) is 4.71. The third kappa shape index (κ3) is 4.68. The zero-order valence-corrected chi connectivity index (χ0v) is 15.5. The van der Waals surface area contributed by atoms with Crippen molar-refractivity contribution in [2.45, 2.75) is 32.2 Å². The van der Waals surface area contributed by atoms with Gasteiger partial charge in [0, 0.05) is 13.2 Å². The smallest absolute Gasteiger partial charge is 0.147 e. The van der Waals surface area contributed by atoms with Gasteiger partial charge in [-0.15, -0.1) is 0 Å². The summed E-state index contributed by atoms with van der Waals surface area (Å²) in [5.74, 6) is 1.90. The predicted molar refractivity (Wildman–Crippen MR) is 92.6 cm³/mol. The van der Waals surface area contributed by atoms with E-state index in [0.717, 1.165) is 27.8 Å². The molecule has 2 unspecified atom stereocenters. The molecule has 0 heterocycles. The lowest BCUT2D eigenvalue weighted by molar-refractivity contribution is 0.133. The Kier molecular flexibility index (Phi) is 6.99. The summed E-state index contributed by atoms with van der Waals surface area (Å²) in [6.07, 6.45) is 4.96. The maximum absolute atomic E-state index is 9.45. The maximum Gasteiger partial charge on any atom is 0.147 e. The number of methoxy groups -OCH3 is 1. The molecule has 1 saturated carbocycles. The molecule has 2 rings (SSSR count). The second-order valence-corrected chi connectivity index (χ2v) is 7.42. The van der Waals surface area contributed by atoms with E-state index in [1.54, 1.807) is 7.11 Å². The second kappa shape index (κ2) is 8.51. The highest BCUT2D eigenvalue weighted by Crippen LogP contribution is 2.34. The van der Waals surface area contributed by atoms with Gasteiger partial charge in [-0.05, 0) is 80.8 Å². The number of aliphatic hydroxyl groups excluding tert-OH is 1. The summed E-state index contributed by atoms with van der Waals surface area (Å²) >= 11 is 7.06. The van der Waals surface area contributed by atoms with Crippen molar-refractivity contribution in [3.05, 3.63) is 26.6 Å². The third-order valence-corrected chi connectivity index (χ3v) is 5.48. The van der Waals surface area contributed by atoms with E-state index in [1.165, 1.54) is 31.2 Å². The van der Waals surface area contributed by atoms with E-state index in [-0.39, 0.29) is 0 Å². The summed E-state index contributed by atoms with van der Waals surface area (Å²) in [7, 11) is 1.67. The minimum absolute atomic E-state index is 0.325. The molecule has 2 N–H and O–H groups in total. The summed E-state index contributed by atoms with van der Waals surface area (Å²) in [5.41, 5.74) is 1.21. The monoisotopic (exact) mass is 419 g/mol. The Morgan fingerprint density at radius 2 is 1.81 bits per heavy atom. The first kappa shape index (κ1) is 17.3. The number of hydrogen-bond donors (Lipinski definition) is 2. The van der Waals surface area contributed by atoms with Crippen molar-refractivity contribution in [1.82, 2.24) is 5.32 Å². The summed E-state index contributed by atoms with van der Waals surface area (Å²) in [6, 6.07) is 4.17. The van der Waals surface area contributed by atoms with E-state index < -0.39 is 0 Å². The molecule has 1 aliphatic rings. The first-order chi connectivity index (χ1) is 10.2. The van der Waals surface area contributed by atoms with E-state index >= 15 is 0 Å². The zero-order chi connectivity index (χ0) is 15.2. The molecule has 1 aromatic carbocycles. The van der Waals surface area contributed by atoms with Crippen molar-refractivity contribution < 1.29 is 9.84 Å². The highest BCUT2D eigenvalue weighted by atomic mass is 79.9. The number of ether oxygens (including phenoxy) is 1. The van der Waals surface area contributed by atoms with Gasteiger partial charge in [0.25, 0.3) is 0 Å². The first-order valence-electron chi connectivity index (χ1n) is 7.49. The number of halogens is 2. The lowest BCUT2D eigenvalue weighted by Crippen LogP contribution is -2.32.